The lowest BCUT2D eigenvalue weighted by atomic mass is 9.85. The summed E-state index contributed by atoms with van der Waals surface area (Å²) < 4.78 is 5.58. The second-order valence-electron chi connectivity index (χ2n) is 6.71. The Labute approximate surface area is 155 Å². The molecule has 0 aromatic heterocycles. The maximum atomic E-state index is 6.45. The van der Waals surface area contributed by atoms with Crippen molar-refractivity contribution in [2.24, 2.45) is 16.5 Å². The average Bonchev–Trinajstić information content (AvgIpc) is 2.57. The maximum Gasteiger partial charge on any atom is 0.121 e. The fourth-order valence-electron chi connectivity index (χ4n) is 3.39. The first kappa shape index (κ1) is 18.1. The zero-order valence-electron chi connectivity index (χ0n) is 15.9. The van der Waals surface area contributed by atoms with E-state index in [0.717, 1.165) is 52.4 Å². The van der Waals surface area contributed by atoms with Gasteiger partial charge in [0.25, 0.3) is 0 Å². The van der Waals surface area contributed by atoms with Gasteiger partial charge in [-0.1, -0.05) is 0 Å². The molecule has 0 radical (unpaired) electrons. The molecular weight excluding hydrogens is 324 g/mol. The molecule has 0 amide bonds. The Bertz CT molecular complexity index is 820. The summed E-state index contributed by atoms with van der Waals surface area (Å²) in [6, 6.07) is 6.08. The highest BCUT2D eigenvalue weighted by Gasteiger charge is 2.23. The van der Waals surface area contributed by atoms with Gasteiger partial charge >= 0.3 is 0 Å². The predicted octanol–water partition coefficient (Wildman–Crippen LogP) is 3.59. The first-order chi connectivity index (χ1) is 12.5. The predicted molar refractivity (Wildman–Crippen MR) is 109 cm³/mol. The number of aliphatic imine (C=N–C) groups is 1. The third-order valence-corrected chi connectivity index (χ3v) is 4.90. The van der Waals surface area contributed by atoms with E-state index in [2.05, 4.69) is 22.5 Å². The van der Waals surface area contributed by atoms with E-state index in [1.807, 2.05) is 26.0 Å². The monoisotopic (exact) mass is 352 g/mol. The van der Waals surface area contributed by atoms with Crippen molar-refractivity contribution in [2.45, 2.75) is 33.1 Å². The Morgan fingerprint density at radius 3 is 2.62 bits per heavy atom. The molecule has 1 aliphatic heterocycles. The van der Waals surface area contributed by atoms with E-state index in [1.54, 1.807) is 7.05 Å². The molecule has 26 heavy (non-hydrogen) atoms. The van der Waals surface area contributed by atoms with Crippen LogP contribution in [-0.2, 0) is 0 Å². The number of nitrogens with one attached hydrogen (secondary N) is 1. The van der Waals surface area contributed by atoms with Crippen LogP contribution in [0.5, 0.6) is 5.75 Å². The first-order valence-electron chi connectivity index (χ1n) is 9.18. The molecule has 0 bridgehead atoms. The van der Waals surface area contributed by atoms with E-state index >= 15 is 0 Å². The number of nitrogens with two attached hydrogens (primary N) is 2. The summed E-state index contributed by atoms with van der Waals surface area (Å²) >= 11 is 0. The fraction of sp³-hybridized carbons (Fsp3) is 0.381. The van der Waals surface area contributed by atoms with Crippen LogP contribution in [0.3, 0.4) is 0 Å². The molecule has 1 aromatic carbocycles. The highest BCUT2D eigenvalue weighted by Crippen LogP contribution is 2.33. The number of allylic oxidation sites excluding steroid dienone is 3. The number of benzene rings is 1. The molecule has 0 saturated heterocycles. The SMILES string of the molecule is CCOc1ccc2c(c1)NCC(C(=NC)/C(C(N)=C1CCC1)=C(\C)N)=C2. The average molecular weight is 352 g/mol. The van der Waals surface area contributed by atoms with Gasteiger partial charge < -0.3 is 21.5 Å². The van der Waals surface area contributed by atoms with Crippen LogP contribution in [0.2, 0.25) is 0 Å². The van der Waals surface area contributed by atoms with Crippen LogP contribution >= 0.6 is 0 Å². The molecule has 5 nitrogen and oxygen atoms in total. The normalized spacial score (nSPS) is 17.4. The van der Waals surface area contributed by atoms with E-state index in [4.69, 9.17) is 16.2 Å². The van der Waals surface area contributed by atoms with E-state index in [9.17, 15) is 0 Å². The highest BCUT2D eigenvalue weighted by atomic mass is 16.5. The molecule has 5 heteroatoms. The van der Waals surface area contributed by atoms with Crippen molar-refractivity contribution in [1.29, 1.82) is 0 Å². The highest BCUT2D eigenvalue weighted by molar-refractivity contribution is 6.18. The standard InChI is InChI=1S/C21H28N4O/c1-4-26-17-9-8-15-10-16(12-25-18(15)11-17)21(24-3)19(13(2)22)20(23)14-6-5-7-14/h8-11,25H,4-7,12,22-23H2,1-3H3/b19-13+,24-21?. The smallest absolute Gasteiger partial charge is 0.121 e. The van der Waals surface area contributed by atoms with Gasteiger partial charge in [-0.05, 0) is 68.0 Å². The van der Waals surface area contributed by atoms with E-state index in [-0.39, 0.29) is 0 Å². The lowest BCUT2D eigenvalue weighted by Gasteiger charge is -2.26. The zero-order valence-corrected chi connectivity index (χ0v) is 15.9. The number of fused-ring (bicyclic) bond motifs is 1. The zero-order chi connectivity index (χ0) is 18.7. The van der Waals surface area contributed by atoms with Crippen molar-refractivity contribution in [1.82, 2.24) is 0 Å². The van der Waals surface area contributed by atoms with Gasteiger partial charge in [0.2, 0.25) is 0 Å². The Kier molecular flexibility index (Phi) is 5.35. The third-order valence-electron chi connectivity index (χ3n) is 4.90. The third kappa shape index (κ3) is 3.47. The summed E-state index contributed by atoms with van der Waals surface area (Å²) in [7, 11) is 1.80. The molecule has 1 saturated carbocycles. The fourth-order valence-corrected chi connectivity index (χ4v) is 3.39. The molecule has 2 aliphatic rings. The Hall–Kier alpha value is -2.69. The molecule has 0 spiro atoms. The molecule has 5 N–H and O–H groups in total. The van der Waals surface area contributed by atoms with E-state index in [1.165, 1.54) is 12.0 Å². The van der Waals surface area contributed by atoms with Crippen LogP contribution in [-0.4, -0.2) is 25.9 Å². The minimum absolute atomic E-state index is 0.657. The molecular formula is C21H28N4O. The van der Waals surface area contributed by atoms with Crippen LogP contribution in [0.25, 0.3) is 6.08 Å². The van der Waals surface area contributed by atoms with E-state index < -0.39 is 0 Å². The summed E-state index contributed by atoms with van der Waals surface area (Å²) in [6.07, 6.45) is 5.47. The molecule has 138 valence electrons. The first-order valence-corrected chi connectivity index (χ1v) is 9.18. The topological polar surface area (TPSA) is 85.7 Å². The number of ether oxygens (including phenoxy) is 1. The van der Waals surface area contributed by atoms with Crippen molar-refractivity contribution >= 4 is 17.5 Å². The Morgan fingerprint density at radius 2 is 2.04 bits per heavy atom. The Balaban J connectivity index is 1.97. The minimum Gasteiger partial charge on any atom is -0.494 e. The minimum atomic E-state index is 0.657. The lowest BCUT2D eigenvalue weighted by Crippen LogP contribution is -2.25. The van der Waals surface area contributed by atoms with Crippen molar-refractivity contribution < 1.29 is 4.74 Å². The molecule has 1 aromatic rings. The summed E-state index contributed by atoms with van der Waals surface area (Å²) in [5, 5.41) is 3.47. The van der Waals surface area contributed by atoms with Gasteiger partial charge in [0.15, 0.2) is 0 Å². The maximum absolute atomic E-state index is 6.45. The van der Waals surface area contributed by atoms with Crippen LogP contribution < -0.4 is 21.5 Å². The van der Waals surface area contributed by atoms with Gasteiger partial charge in [0, 0.05) is 42.3 Å². The number of hydrogen-bond donors (Lipinski definition) is 3. The molecule has 0 atom stereocenters. The van der Waals surface area contributed by atoms with Gasteiger partial charge in [-0.2, -0.15) is 0 Å². The summed E-state index contributed by atoms with van der Waals surface area (Å²) in [5.41, 5.74) is 20.5. The van der Waals surface area contributed by atoms with Crippen molar-refractivity contribution in [3.63, 3.8) is 0 Å². The van der Waals surface area contributed by atoms with Crippen LogP contribution in [0, 0.1) is 0 Å². The lowest BCUT2D eigenvalue weighted by molar-refractivity contribution is 0.340. The molecule has 1 fully saturated rings. The summed E-state index contributed by atoms with van der Waals surface area (Å²) in [5.74, 6) is 0.873. The second-order valence-corrected chi connectivity index (χ2v) is 6.71. The van der Waals surface area contributed by atoms with Gasteiger partial charge in [0.1, 0.15) is 5.75 Å². The number of nitrogens with zero attached hydrogens (tertiary/aromatic N) is 1. The Morgan fingerprint density at radius 1 is 1.27 bits per heavy atom. The van der Waals surface area contributed by atoms with Gasteiger partial charge in [0.05, 0.1) is 12.3 Å². The van der Waals surface area contributed by atoms with Crippen LogP contribution in [0.1, 0.15) is 38.7 Å². The van der Waals surface area contributed by atoms with Gasteiger partial charge in [-0.3, -0.25) is 4.99 Å². The van der Waals surface area contributed by atoms with Gasteiger partial charge in [-0.25, -0.2) is 0 Å². The summed E-state index contributed by atoms with van der Waals surface area (Å²) in [6.45, 7) is 5.21. The molecule has 1 aliphatic carbocycles. The van der Waals surface area contributed by atoms with E-state index in [0.29, 0.717) is 18.8 Å². The number of rotatable bonds is 5. The quantitative estimate of drug-likeness (QED) is 0.707. The number of hydrogen-bond acceptors (Lipinski definition) is 5. The summed E-state index contributed by atoms with van der Waals surface area (Å²) in [4.78, 5) is 4.55. The largest absolute Gasteiger partial charge is 0.494 e. The van der Waals surface area contributed by atoms with Crippen LogP contribution in [0.15, 0.2) is 51.3 Å². The molecule has 0 unspecified atom stereocenters. The van der Waals surface area contributed by atoms with Crippen molar-refractivity contribution in [3.05, 3.63) is 51.9 Å². The van der Waals surface area contributed by atoms with Crippen LogP contribution in [0.4, 0.5) is 5.69 Å². The molecule has 3 rings (SSSR count). The number of anilines is 1. The van der Waals surface area contributed by atoms with Crippen molar-refractivity contribution in [3.8, 4) is 5.75 Å². The van der Waals surface area contributed by atoms with Crippen molar-refractivity contribution in [2.75, 3.05) is 25.5 Å². The second kappa shape index (κ2) is 7.68. The molecule has 1 heterocycles. The van der Waals surface area contributed by atoms with Gasteiger partial charge in [-0.15, -0.1) is 0 Å².